The van der Waals surface area contributed by atoms with Gasteiger partial charge in [-0.05, 0) is 71.6 Å². The first-order valence-corrected chi connectivity index (χ1v) is 12.9. The summed E-state index contributed by atoms with van der Waals surface area (Å²) in [5.41, 5.74) is -0.0964. The molecular formula is C25H43IN4O3. The summed E-state index contributed by atoms with van der Waals surface area (Å²) < 4.78 is 11.9. The molecule has 3 saturated carbocycles. The molecule has 5 rings (SSSR count). The van der Waals surface area contributed by atoms with Gasteiger partial charge in [0, 0.05) is 56.7 Å². The average molecular weight is 575 g/mol. The van der Waals surface area contributed by atoms with Gasteiger partial charge in [-0.15, -0.1) is 24.0 Å². The number of halogens is 1. The van der Waals surface area contributed by atoms with Gasteiger partial charge in [-0.2, -0.15) is 0 Å². The molecular weight excluding hydrogens is 531 g/mol. The van der Waals surface area contributed by atoms with Crippen molar-refractivity contribution in [2.75, 3.05) is 33.3 Å². The van der Waals surface area contributed by atoms with E-state index in [2.05, 4.69) is 15.2 Å². The van der Waals surface area contributed by atoms with Crippen LogP contribution in [0, 0.1) is 17.3 Å². The Morgan fingerprint density at radius 3 is 2.42 bits per heavy atom. The van der Waals surface area contributed by atoms with E-state index in [-0.39, 0.29) is 36.1 Å². The SMILES string of the molecule is CN=C(NC1C2CCOC2C12CCC2)N1CCC(N(CC2CC2)C(=O)OC(C)(C)C)CC1.I. The lowest BCUT2D eigenvalue weighted by molar-refractivity contribution is -0.171. The number of piperidine rings is 1. The molecule has 0 aromatic carbocycles. The van der Waals surface area contributed by atoms with Crippen LogP contribution in [0.4, 0.5) is 4.79 Å². The quantitative estimate of drug-likeness (QED) is 0.309. The zero-order valence-electron chi connectivity index (χ0n) is 20.8. The number of nitrogens with one attached hydrogen (secondary N) is 1. The van der Waals surface area contributed by atoms with Crippen LogP contribution in [-0.4, -0.2) is 78.9 Å². The Labute approximate surface area is 216 Å². The van der Waals surface area contributed by atoms with Crippen LogP contribution in [0.5, 0.6) is 0 Å². The second-order valence-electron chi connectivity index (χ2n) is 11.8. The van der Waals surface area contributed by atoms with Crippen LogP contribution in [0.25, 0.3) is 0 Å². The minimum atomic E-state index is -0.451. The van der Waals surface area contributed by atoms with E-state index < -0.39 is 5.60 Å². The van der Waals surface area contributed by atoms with Gasteiger partial charge in [0.2, 0.25) is 0 Å². The molecule has 3 unspecified atom stereocenters. The Kier molecular flexibility index (Phi) is 7.45. The number of hydrogen-bond acceptors (Lipinski definition) is 4. The topological polar surface area (TPSA) is 66.4 Å². The molecule has 1 spiro atoms. The van der Waals surface area contributed by atoms with Crippen molar-refractivity contribution in [2.24, 2.45) is 22.2 Å². The van der Waals surface area contributed by atoms with Crippen molar-refractivity contribution in [3.63, 3.8) is 0 Å². The maximum absolute atomic E-state index is 12.9. The Bertz CT molecular complexity index is 738. The van der Waals surface area contributed by atoms with Crippen molar-refractivity contribution < 1.29 is 14.3 Å². The third-order valence-electron chi connectivity index (χ3n) is 8.52. The minimum absolute atomic E-state index is 0. The number of amides is 1. The Morgan fingerprint density at radius 1 is 1.18 bits per heavy atom. The predicted molar refractivity (Wildman–Crippen MR) is 140 cm³/mol. The summed E-state index contributed by atoms with van der Waals surface area (Å²) in [4.78, 5) is 22.0. The summed E-state index contributed by atoms with van der Waals surface area (Å²) in [6, 6.07) is 0.766. The van der Waals surface area contributed by atoms with Crippen LogP contribution >= 0.6 is 24.0 Å². The van der Waals surface area contributed by atoms with E-state index in [9.17, 15) is 4.79 Å². The lowest BCUT2D eigenvalue weighted by atomic mass is 9.46. The zero-order chi connectivity index (χ0) is 22.5. The summed E-state index contributed by atoms with van der Waals surface area (Å²) in [6.07, 6.45) is 9.84. The largest absolute Gasteiger partial charge is 0.444 e. The summed E-state index contributed by atoms with van der Waals surface area (Å²) >= 11 is 0. The molecule has 3 atom stereocenters. The fourth-order valence-electron chi connectivity index (χ4n) is 6.55. The number of likely N-dealkylation sites (tertiary alicyclic amines) is 1. The first-order valence-electron chi connectivity index (χ1n) is 12.9. The van der Waals surface area contributed by atoms with Crippen molar-refractivity contribution in [2.45, 2.75) is 95.9 Å². The van der Waals surface area contributed by atoms with E-state index >= 15 is 0 Å². The Morgan fingerprint density at radius 2 is 1.88 bits per heavy atom. The maximum Gasteiger partial charge on any atom is 0.410 e. The number of rotatable bonds is 4. The van der Waals surface area contributed by atoms with E-state index in [4.69, 9.17) is 9.47 Å². The first-order chi connectivity index (χ1) is 15.3. The van der Waals surface area contributed by atoms with E-state index in [0.717, 1.165) is 45.0 Å². The fraction of sp³-hybridized carbons (Fsp3) is 0.920. The smallest absolute Gasteiger partial charge is 0.410 e. The van der Waals surface area contributed by atoms with Gasteiger partial charge in [-0.1, -0.05) is 6.42 Å². The highest BCUT2D eigenvalue weighted by atomic mass is 127. The van der Waals surface area contributed by atoms with Crippen molar-refractivity contribution in [3.8, 4) is 0 Å². The molecule has 0 radical (unpaired) electrons. The van der Waals surface area contributed by atoms with Crippen molar-refractivity contribution in [1.29, 1.82) is 0 Å². The number of aliphatic imine (C=N–C) groups is 1. The van der Waals surface area contributed by atoms with Gasteiger partial charge in [-0.3, -0.25) is 4.99 Å². The Balaban J connectivity index is 0.00000259. The highest BCUT2D eigenvalue weighted by Gasteiger charge is 2.66. The Hall–Kier alpha value is -0.770. The molecule has 0 aromatic rings. The van der Waals surface area contributed by atoms with Gasteiger partial charge in [-0.25, -0.2) is 4.79 Å². The number of fused-ring (bicyclic) bond motifs is 2. The molecule has 8 heteroatoms. The van der Waals surface area contributed by atoms with Crippen LogP contribution in [-0.2, 0) is 9.47 Å². The van der Waals surface area contributed by atoms with Crippen LogP contribution < -0.4 is 5.32 Å². The van der Waals surface area contributed by atoms with E-state index in [1.807, 2.05) is 32.7 Å². The molecule has 1 amide bonds. The highest BCUT2D eigenvalue weighted by Crippen LogP contribution is 2.62. The van der Waals surface area contributed by atoms with E-state index in [1.165, 1.54) is 38.5 Å². The molecule has 2 aliphatic heterocycles. The normalized spacial score (nSPS) is 31.2. The number of ether oxygens (including phenoxy) is 2. The molecule has 0 bridgehead atoms. The van der Waals surface area contributed by atoms with Crippen LogP contribution in [0.2, 0.25) is 0 Å². The fourth-order valence-corrected chi connectivity index (χ4v) is 6.55. The summed E-state index contributed by atoms with van der Waals surface area (Å²) in [6.45, 7) is 9.48. The van der Waals surface area contributed by atoms with Gasteiger partial charge < -0.3 is 24.6 Å². The van der Waals surface area contributed by atoms with Gasteiger partial charge in [0.05, 0.1) is 6.10 Å². The molecule has 0 aromatic heterocycles. The number of carbonyl (C=O) groups excluding carboxylic acids is 1. The van der Waals surface area contributed by atoms with Crippen molar-refractivity contribution >= 4 is 36.0 Å². The lowest BCUT2D eigenvalue weighted by Gasteiger charge is -2.63. The van der Waals surface area contributed by atoms with Crippen LogP contribution in [0.3, 0.4) is 0 Å². The first kappa shape index (κ1) is 25.3. The van der Waals surface area contributed by atoms with Crippen molar-refractivity contribution in [1.82, 2.24) is 15.1 Å². The number of hydrogen-bond donors (Lipinski definition) is 1. The number of guanidine groups is 1. The average Bonchev–Trinajstić information content (AvgIpc) is 3.43. The summed E-state index contributed by atoms with van der Waals surface area (Å²) in [7, 11) is 1.91. The van der Waals surface area contributed by atoms with Gasteiger partial charge >= 0.3 is 6.09 Å². The van der Waals surface area contributed by atoms with Gasteiger partial charge in [0.15, 0.2) is 5.96 Å². The number of carbonyl (C=O) groups is 1. The molecule has 5 fully saturated rings. The molecule has 1 N–H and O–H groups in total. The predicted octanol–water partition coefficient (Wildman–Crippen LogP) is 4.25. The highest BCUT2D eigenvalue weighted by molar-refractivity contribution is 14.0. The second kappa shape index (κ2) is 9.70. The third-order valence-corrected chi connectivity index (χ3v) is 8.52. The molecule has 3 aliphatic carbocycles. The number of nitrogens with zero attached hydrogens (tertiary/aromatic N) is 3. The van der Waals surface area contributed by atoms with Gasteiger partial charge in [0.1, 0.15) is 5.60 Å². The van der Waals surface area contributed by atoms with Crippen LogP contribution in [0.15, 0.2) is 4.99 Å². The monoisotopic (exact) mass is 574 g/mol. The van der Waals surface area contributed by atoms with Crippen LogP contribution in [0.1, 0.15) is 72.1 Å². The molecule has 5 aliphatic rings. The van der Waals surface area contributed by atoms with E-state index in [1.54, 1.807) is 0 Å². The molecule has 2 heterocycles. The van der Waals surface area contributed by atoms with Gasteiger partial charge in [0.25, 0.3) is 0 Å². The third kappa shape index (κ3) is 4.98. The minimum Gasteiger partial charge on any atom is -0.444 e. The summed E-state index contributed by atoms with van der Waals surface area (Å²) in [5, 5.41) is 3.87. The maximum atomic E-state index is 12.9. The molecule has 188 valence electrons. The summed E-state index contributed by atoms with van der Waals surface area (Å²) in [5.74, 6) is 2.34. The molecule has 2 saturated heterocycles. The molecule has 7 nitrogen and oxygen atoms in total. The molecule has 33 heavy (non-hydrogen) atoms. The second-order valence-corrected chi connectivity index (χ2v) is 11.8. The van der Waals surface area contributed by atoms with E-state index in [0.29, 0.717) is 29.4 Å². The lowest BCUT2D eigenvalue weighted by Crippen LogP contribution is -2.72. The van der Waals surface area contributed by atoms with Crippen molar-refractivity contribution in [3.05, 3.63) is 0 Å². The standard InChI is InChI=1S/C25H42N4O3.HI/c1-24(2,3)32-23(30)29(16-17-6-7-17)18-8-13-28(14-9-18)22(26-4)27-20-19-10-15-31-21(19)25(20)11-5-12-25;/h17-21H,5-16H2,1-4H3,(H,26,27);1H. The zero-order valence-corrected chi connectivity index (χ0v) is 23.2.